The molecule has 1 N–H and O–H groups in total. The van der Waals surface area contributed by atoms with Crippen molar-refractivity contribution < 1.29 is 4.79 Å². The minimum absolute atomic E-state index is 0.0268. The van der Waals surface area contributed by atoms with E-state index in [-0.39, 0.29) is 11.8 Å². The van der Waals surface area contributed by atoms with Crippen LogP contribution in [0, 0.1) is 5.92 Å². The van der Waals surface area contributed by atoms with Gasteiger partial charge in [0.2, 0.25) is 5.91 Å². The highest BCUT2D eigenvalue weighted by atomic mass is 16.1. The minimum Gasteiger partial charge on any atom is -0.324 e. The molecule has 4 heteroatoms. The molecule has 0 bridgehead atoms. The molecular weight excluding hydrogens is 322 g/mol. The number of piperidine rings is 1. The molecule has 26 heavy (non-hydrogen) atoms. The minimum atomic E-state index is 0.0268. The number of likely N-dealkylation sites (tertiary alicyclic amines) is 1. The highest BCUT2D eigenvalue weighted by Crippen LogP contribution is 2.22. The molecule has 1 aliphatic heterocycles. The van der Waals surface area contributed by atoms with Gasteiger partial charge in [0.25, 0.3) is 0 Å². The first kappa shape index (κ1) is 16.7. The summed E-state index contributed by atoms with van der Waals surface area (Å²) in [5.41, 5.74) is 3.01. The van der Waals surface area contributed by atoms with E-state index in [0.29, 0.717) is 0 Å². The van der Waals surface area contributed by atoms with Crippen LogP contribution in [0.25, 0.3) is 10.9 Å². The van der Waals surface area contributed by atoms with Gasteiger partial charge >= 0.3 is 0 Å². The Morgan fingerprint density at radius 2 is 1.92 bits per heavy atom. The molecule has 4 nitrogen and oxygen atoms in total. The first-order valence-corrected chi connectivity index (χ1v) is 9.20. The summed E-state index contributed by atoms with van der Waals surface area (Å²) < 4.78 is 0. The number of anilines is 1. The summed E-state index contributed by atoms with van der Waals surface area (Å²) in [5.74, 6) is 0.124. The van der Waals surface area contributed by atoms with Crippen LogP contribution in [0.3, 0.4) is 0 Å². The number of pyridine rings is 1. The van der Waals surface area contributed by atoms with Crippen molar-refractivity contribution in [3.63, 3.8) is 0 Å². The smallest absolute Gasteiger partial charge is 0.228 e. The number of nitrogens with zero attached hydrogens (tertiary/aromatic N) is 2. The maximum atomic E-state index is 12.7. The Hall–Kier alpha value is -2.72. The van der Waals surface area contributed by atoms with Crippen molar-refractivity contribution in [1.29, 1.82) is 0 Å². The molecule has 1 atom stereocenters. The molecule has 0 aliphatic carbocycles. The molecule has 2 heterocycles. The van der Waals surface area contributed by atoms with Crippen molar-refractivity contribution in [2.24, 2.45) is 5.92 Å². The van der Waals surface area contributed by atoms with Crippen LogP contribution in [0.1, 0.15) is 18.4 Å². The maximum absolute atomic E-state index is 12.7. The van der Waals surface area contributed by atoms with Crippen LogP contribution < -0.4 is 5.32 Å². The number of fused-ring (bicyclic) bond motifs is 1. The lowest BCUT2D eigenvalue weighted by Crippen LogP contribution is -2.40. The lowest BCUT2D eigenvalue weighted by Gasteiger charge is -2.32. The molecule has 0 spiro atoms. The summed E-state index contributed by atoms with van der Waals surface area (Å²) >= 11 is 0. The average Bonchev–Trinajstić information content (AvgIpc) is 2.69. The predicted octanol–water partition coefficient (Wildman–Crippen LogP) is 4.09. The third-order valence-corrected chi connectivity index (χ3v) is 4.98. The van der Waals surface area contributed by atoms with Gasteiger partial charge in [-0.15, -0.1) is 0 Å². The van der Waals surface area contributed by atoms with Crippen LogP contribution in [0.4, 0.5) is 5.69 Å². The highest BCUT2D eigenvalue weighted by Gasteiger charge is 2.25. The van der Waals surface area contributed by atoms with Crippen LogP contribution in [0.5, 0.6) is 0 Å². The fourth-order valence-electron chi connectivity index (χ4n) is 3.64. The maximum Gasteiger partial charge on any atom is 0.228 e. The number of benzene rings is 2. The van der Waals surface area contributed by atoms with Crippen LogP contribution in [-0.4, -0.2) is 28.9 Å². The van der Waals surface area contributed by atoms with E-state index in [4.69, 9.17) is 0 Å². The van der Waals surface area contributed by atoms with Crippen LogP contribution in [0.2, 0.25) is 0 Å². The van der Waals surface area contributed by atoms with E-state index in [1.807, 2.05) is 36.4 Å². The van der Waals surface area contributed by atoms with Crippen LogP contribution in [0.15, 0.2) is 66.9 Å². The molecule has 2 aromatic carbocycles. The molecule has 0 saturated carbocycles. The molecule has 1 amide bonds. The zero-order chi connectivity index (χ0) is 17.8. The zero-order valence-corrected chi connectivity index (χ0v) is 14.8. The molecule has 132 valence electrons. The van der Waals surface area contributed by atoms with E-state index in [1.165, 1.54) is 5.56 Å². The monoisotopic (exact) mass is 345 g/mol. The van der Waals surface area contributed by atoms with Gasteiger partial charge in [-0.25, -0.2) is 0 Å². The Balaban J connectivity index is 1.40. The standard InChI is InChI=1S/C22H23N3O/c26-22(24-20-13-18-9-4-5-11-21(18)23-14-20)19-10-6-12-25(16-19)15-17-7-2-1-3-8-17/h1-5,7-9,11,13-14,19H,6,10,12,15-16H2,(H,24,26). The van der Waals surface area contributed by atoms with Gasteiger partial charge in [0.15, 0.2) is 0 Å². The Kier molecular flexibility index (Phi) is 4.93. The van der Waals surface area contributed by atoms with Gasteiger partial charge in [0.05, 0.1) is 23.3 Å². The number of hydrogen-bond acceptors (Lipinski definition) is 3. The second-order valence-electron chi connectivity index (χ2n) is 6.97. The average molecular weight is 345 g/mol. The topological polar surface area (TPSA) is 45.2 Å². The van der Waals surface area contributed by atoms with Crippen LogP contribution in [-0.2, 0) is 11.3 Å². The van der Waals surface area contributed by atoms with Gasteiger partial charge in [-0.3, -0.25) is 14.7 Å². The summed E-state index contributed by atoms with van der Waals surface area (Å²) in [6.07, 6.45) is 3.74. The van der Waals surface area contributed by atoms with Gasteiger partial charge < -0.3 is 5.32 Å². The number of carbonyl (C=O) groups excluding carboxylic acids is 1. The van der Waals surface area contributed by atoms with Gasteiger partial charge in [0, 0.05) is 18.5 Å². The third-order valence-electron chi connectivity index (χ3n) is 4.98. The van der Waals surface area contributed by atoms with Gasteiger partial charge in [-0.2, -0.15) is 0 Å². The Bertz CT molecular complexity index is 894. The molecule has 1 saturated heterocycles. The van der Waals surface area contributed by atoms with Gasteiger partial charge in [-0.1, -0.05) is 48.5 Å². The van der Waals surface area contributed by atoms with E-state index in [9.17, 15) is 4.79 Å². The van der Waals surface area contributed by atoms with Crippen molar-refractivity contribution in [3.05, 3.63) is 72.4 Å². The van der Waals surface area contributed by atoms with Crippen molar-refractivity contribution in [1.82, 2.24) is 9.88 Å². The molecule has 3 aromatic rings. The first-order chi connectivity index (χ1) is 12.8. The van der Waals surface area contributed by atoms with E-state index in [2.05, 4.69) is 39.5 Å². The van der Waals surface area contributed by atoms with E-state index in [0.717, 1.165) is 49.1 Å². The fraction of sp³-hybridized carbons (Fsp3) is 0.273. The Morgan fingerprint density at radius 1 is 1.12 bits per heavy atom. The molecular formula is C22H23N3O. The van der Waals surface area contributed by atoms with Crippen molar-refractivity contribution in [2.45, 2.75) is 19.4 Å². The SMILES string of the molecule is O=C(Nc1cnc2ccccc2c1)C1CCCN(Cc2ccccc2)C1. The number of aromatic nitrogens is 1. The highest BCUT2D eigenvalue weighted by molar-refractivity contribution is 5.94. The summed E-state index contributed by atoms with van der Waals surface area (Å²) in [7, 11) is 0. The van der Waals surface area contributed by atoms with E-state index >= 15 is 0 Å². The molecule has 4 rings (SSSR count). The molecule has 1 aromatic heterocycles. The third kappa shape index (κ3) is 3.92. The molecule has 1 unspecified atom stereocenters. The number of nitrogens with one attached hydrogen (secondary N) is 1. The Morgan fingerprint density at radius 3 is 2.81 bits per heavy atom. The van der Waals surface area contributed by atoms with Crippen molar-refractivity contribution in [3.8, 4) is 0 Å². The summed E-state index contributed by atoms with van der Waals surface area (Å²) in [6.45, 7) is 2.76. The zero-order valence-electron chi connectivity index (χ0n) is 14.8. The van der Waals surface area contributed by atoms with E-state index in [1.54, 1.807) is 6.20 Å². The summed E-state index contributed by atoms with van der Waals surface area (Å²) in [4.78, 5) is 19.5. The Labute approximate surface area is 153 Å². The molecule has 1 fully saturated rings. The first-order valence-electron chi connectivity index (χ1n) is 9.20. The van der Waals surface area contributed by atoms with Gasteiger partial charge in [-0.05, 0) is 37.1 Å². The predicted molar refractivity (Wildman–Crippen MR) is 105 cm³/mol. The van der Waals surface area contributed by atoms with Crippen molar-refractivity contribution >= 4 is 22.5 Å². The lowest BCUT2D eigenvalue weighted by atomic mass is 9.96. The summed E-state index contributed by atoms with van der Waals surface area (Å²) in [5, 5.41) is 4.10. The number of para-hydroxylation sites is 1. The largest absolute Gasteiger partial charge is 0.324 e. The molecule has 0 radical (unpaired) electrons. The number of carbonyl (C=O) groups is 1. The quantitative estimate of drug-likeness (QED) is 0.775. The van der Waals surface area contributed by atoms with Gasteiger partial charge in [0.1, 0.15) is 0 Å². The number of rotatable bonds is 4. The second-order valence-corrected chi connectivity index (χ2v) is 6.97. The summed E-state index contributed by atoms with van der Waals surface area (Å²) in [6, 6.07) is 20.4. The number of amides is 1. The lowest BCUT2D eigenvalue weighted by molar-refractivity contribution is -0.121. The fourth-order valence-corrected chi connectivity index (χ4v) is 3.64. The van der Waals surface area contributed by atoms with Crippen molar-refractivity contribution in [2.75, 3.05) is 18.4 Å². The van der Waals surface area contributed by atoms with E-state index < -0.39 is 0 Å². The van der Waals surface area contributed by atoms with Crippen LogP contribution >= 0.6 is 0 Å². The second kappa shape index (κ2) is 7.67. The number of hydrogen-bond donors (Lipinski definition) is 1. The normalized spacial score (nSPS) is 17.9. The molecule has 1 aliphatic rings.